The average Bonchev–Trinajstić information content (AvgIpc) is 3.80. The summed E-state index contributed by atoms with van der Waals surface area (Å²) in [6, 6.07) is 76.9. The molecule has 0 fully saturated rings. The van der Waals surface area contributed by atoms with E-state index < -0.39 is 5.41 Å². The third kappa shape index (κ3) is 4.62. The Balaban J connectivity index is 1.21. The second-order valence-electron chi connectivity index (χ2n) is 14.4. The molecule has 10 aromatic rings. The van der Waals surface area contributed by atoms with Gasteiger partial charge in [-0.05, 0) is 63.5 Å². The molecule has 0 unspecified atom stereocenters. The number of para-hydroxylation sites is 3. The summed E-state index contributed by atoms with van der Waals surface area (Å²) in [7, 11) is 0. The first kappa shape index (κ1) is 31.4. The highest BCUT2D eigenvalue weighted by atomic mass is 16.3. The Bertz CT molecular complexity index is 3000. The smallest absolute Gasteiger partial charge is 0.143 e. The van der Waals surface area contributed by atoms with Crippen molar-refractivity contribution in [2.45, 2.75) is 5.41 Å². The molecule has 2 nitrogen and oxygen atoms in total. The number of rotatable bonds is 6. The Morgan fingerprint density at radius 1 is 0.345 bits per heavy atom. The molecule has 258 valence electrons. The van der Waals surface area contributed by atoms with Crippen molar-refractivity contribution >= 4 is 49.8 Å². The summed E-state index contributed by atoms with van der Waals surface area (Å²) in [5, 5.41) is 4.54. The molecule has 0 saturated heterocycles. The standard InChI is InChI=1S/C53H35NO/c1-4-19-37(20-5-1)53(38-21-6-2-7-22-38)46-30-14-12-27-45(46)50-47(53)31-17-33-49(50)54(39-23-8-3-9-24-39)48-32-15-13-26-41(48)42-28-16-29-43-44-35-34-36-18-10-11-25-40(36)51(44)55-52(42)43/h1-35H. The Morgan fingerprint density at radius 2 is 0.891 bits per heavy atom. The molecule has 0 atom stereocenters. The topological polar surface area (TPSA) is 16.4 Å². The lowest BCUT2D eigenvalue weighted by Gasteiger charge is -2.34. The number of fused-ring (bicyclic) bond motifs is 8. The predicted molar refractivity (Wildman–Crippen MR) is 229 cm³/mol. The zero-order valence-corrected chi connectivity index (χ0v) is 30.1. The lowest BCUT2D eigenvalue weighted by molar-refractivity contribution is 0.674. The van der Waals surface area contributed by atoms with Gasteiger partial charge in [0.05, 0.1) is 16.8 Å². The monoisotopic (exact) mass is 701 g/mol. The summed E-state index contributed by atoms with van der Waals surface area (Å²) in [4.78, 5) is 2.45. The molecule has 0 aliphatic heterocycles. The first-order chi connectivity index (χ1) is 27.3. The Kier molecular flexibility index (Phi) is 7.11. The second kappa shape index (κ2) is 12.5. The highest BCUT2D eigenvalue weighted by Crippen LogP contribution is 2.60. The summed E-state index contributed by atoms with van der Waals surface area (Å²) < 4.78 is 6.92. The molecule has 55 heavy (non-hydrogen) atoms. The number of hydrogen-bond donors (Lipinski definition) is 0. The summed E-state index contributed by atoms with van der Waals surface area (Å²) >= 11 is 0. The zero-order valence-electron chi connectivity index (χ0n) is 30.1. The third-order valence-corrected chi connectivity index (χ3v) is 11.5. The van der Waals surface area contributed by atoms with Crippen molar-refractivity contribution < 1.29 is 4.42 Å². The van der Waals surface area contributed by atoms with Gasteiger partial charge in [0, 0.05) is 38.5 Å². The van der Waals surface area contributed by atoms with E-state index >= 15 is 0 Å². The van der Waals surface area contributed by atoms with Crippen molar-refractivity contribution in [3.05, 3.63) is 235 Å². The molecule has 1 aromatic heterocycles. The highest BCUT2D eigenvalue weighted by molar-refractivity contribution is 6.17. The zero-order chi connectivity index (χ0) is 36.3. The van der Waals surface area contributed by atoms with E-state index in [1.165, 1.54) is 38.8 Å². The van der Waals surface area contributed by atoms with Crippen LogP contribution in [0.5, 0.6) is 0 Å². The summed E-state index contributed by atoms with van der Waals surface area (Å²) in [5.74, 6) is 0. The first-order valence-corrected chi connectivity index (χ1v) is 18.9. The van der Waals surface area contributed by atoms with E-state index in [-0.39, 0.29) is 0 Å². The van der Waals surface area contributed by atoms with Gasteiger partial charge in [0.15, 0.2) is 0 Å². The lowest BCUT2D eigenvalue weighted by atomic mass is 9.68. The van der Waals surface area contributed by atoms with Gasteiger partial charge in [-0.1, -0.05) is 182 Å². The van der Waals surface area contributed by atoms with Crippen molar-refractivity contribution in [1.29, 1.82) is 0 Å². The minimum atomic E-state index is -0.505. The normalized spacial score (nSPS) is 12.9. The SMILES string of the molecule is c1ccc(N(c2ccccc2-c2cccc3c2oc2c4ccccc4ccc32)c2cccc3c2-c2ccccc2C3(c2ccccc2)c2ccccc2)cc1. The van der Waals surface area contributed by atoms with Gasteiger partial charge < -0.3 is 9.32 Å². The van der Waals surface area contributed by atoms with Gasteiger partial charge in [0.2, 0.25) is 0 Å². The average molecular weight is 702 g/mol. The Hall–Kier alpha value is -7.16. The molecular weight excluding hydrogens is 667 g/mol. The summed E-state index contributed by atoms with van der Waals surface area (Å²) in [6.45, 7) is 0. The minimum Gasteiger partial charge on any atom is -0.455 e. The fourth-order valence-corrected chi connectivity index (χ4v) is 9.28. The maximum absolute atomic E-state index is 6.92. The van der Waals surface area contributed by atoms with Crippen LogP contribution in [0.3, 0.4) is 0 Å². The molecule has 1 aliphatic rings. The largest absolute Gasteiger partial charge is 0.455 e. The lowest BCUT2D eigenvalue weighted by Crippen LogP contribution is -2.28. The van der Waals surface area contributed by atoms with Crippen LogP contribution in [0.4, 0.5) is 17.1 Å². The van der Waals surface area contributed by atoms with Crippen molar-refractivity contribution in [3.63, 3.8) is 0 Å². The van der Waals surface area contributed by atoms with Gasteiger partial charge in [-0.25, -0.2) is 0 Å². The molecular formula is C53H35NO. The molecule has 0 bridgehead atoms. The van der Waals surface area contributed by atoms with Crippen LogP contribution < -0.4 is 4.90 Å². The van der Waals surface area contributed by atoms with E-state index in [0.717, 1.165) is 55.5 Å². The number of benzene rings is 9. The molecule has 1 heterocycles. The molecule has 9 aromatic carbocycles. The van der Waals surface area contributed by atoms with Gasteiger partial charge in [-0.3, -0.25) is 0 Å². The minimum absolute atomic E-state index is 0.505. The van der Waals surface area contributed by atoms with Crippen LogP contribution in [0, 0.1) is 0 Å². The Morgan fingerprint density at radius 3 is 1.67 bits per heavy atom. The molecule has 0 N–H and O–H groups in total. The molecule has 0 spiro atoms. The van der Waals surface area contributed by atoms with Gasteiger partial charge >= 0.3 is 0 Å². The first-order valence-electron chi connectivity index (χ1n) is 18.9. The van der Waals surface area contributed by atoms with Crippen LogP contribution in [0.15, 0.2) is 217 Å². The van der Waals surface area contributed by atoms with E-state index in [0.29, 0.717) is 0 Å². The molecule has 2 heteroatoms. The van der Waals surface area contributed by atoms with Crippen LogP contribution in [-0.4, -0.2) is 0 Å². The highest BCUT2D eigenvalue weighted by Gasteiger charge is 2.47. The van der Waals surface area contributed by atoms with Crippen molar-refractivity contribution in [2.75, 3.05) is 4.90 Å². The van der Waals surface area contributed by atoms with Gasteiger partial charge in [-0.15, -0.1) is 0 Å². The van der Waals surface area contributed by atoms with E-state index in [1.54, 1.807) is 0 Å². The van der Waals surface area contributed by atoms with Crippen LogP contribution >= 0.6 is 0 Å². The Labute approximate surface area is 320 Å². The van der Waals surface area contributed by atoms with Crippen molar-refractivity contribution in [1.82, 2.24) is 0 Å². The number of furan rings is 1. The van der Waals surface area contributed by atoms with E-state index in [9.17, 15) is 0 Å². The molecule has 0 saturated carbocycles. The van der Waals surface area contributed by atoms with Gasteiger partial charge in [0.1, 0.15) is 11.2 Å². The fraction of sp³-hybridized carbons (Fsp3) is 0.0189. The van der Waals surface area contributed by atoms with E-state index in [1.807, 2.05) is 0 Å². The van der Waals surface area contributed by atoms with Crippen LogP contribution in [0.2, 0.25) is 0 Å². The number of anilines is 3. The molecule has 11 rings (SSSR count). The quantitative estimate of drug-likeness (QED) is 0.172. The third-order valence-electron chi connectivity index (χ3n) is 11.5. The number of nitrogens with zero attached hydrogens (tertiary/aromatic N) is 1. The maximum atomic E-state index is 6.92. The summed E-state index contributed by atoms with van der Waals surface area (Å²) in [6.07, 6.45) is 0. The molecule has 1 aliphatic carbocycles. The molecule has 0 radical (unpaired) electrons. The molecule has 0 amide bonds. The second-order valence-corrected chi connectivity index (χ2v) is 14.4. The van der Waals surface area contributed by atoms with E-state index in [2.05, 4.69) is 217 Å². The van der Waals surface area contributed by atoms with E-state index in [4.69, 9.17) is 4.42 Å². The fourth-order valence-electron chi connectivity index (χ4n) is 9.28. The van der Waals surface area contributed by atoms with Gasteiger partial charge in [-0.2, -0.15) is 0 Å². The number of hydrogen-bond acceptors (Lipinski definition) is 2. The summed E-state index contributed by atoms with van der Waals surface area (Å²) in [5.41, 5.74) is 14.3. The van der Waals surface area contributed by atoms with Gasteiger partial charge in [0.25, 0.3) is 0 Å². The predicted octanol–water partition coefficient (Wildman–Crippen LogP) is 14.2. The van der Waals surface area contributed by atoms with Crippen LogP contribution in [-0.2, 0) is 5.41 Å². The van der Waals surface area contributed by atoms with Crippen LogP contribution in [0.1, 0.15) is 22.3 Å². The maximum Gasteiger partial charge on any atom is 0.143 e. The van der Waals surface area contributed by atoms with Crippen LogP contribution in [0.25, 0.3) is 55.0 Å². The van der Waals surface area contributed by atoms with Crippen molar-refractivity contribution in [2.24, 2.45) is 0 Å². The van der Waals surface area contributed by atoms with Crippen molar-refractivity contribution in [3.8, 4) is 22.3 Å².